The van der Waals surface area contributed by atoms with Crippen molar-refractivity contribution in [3.8, 4) is 12.1 Å². The number of nitrogens with zero attached hydrogens (tertiary/aromatic N) is 14. The molecule has 0 radical (unpaired) electrons. The number of aromatic nitrogens is 12. The quantitative estimate of drug-likeness (QED) is 0.0199. The molecule has 150 heavy (non-hydrogen) atoms. The third-order valence-electron chi connectivity index (χ3n) is 29.6. The summed E-state index contributed by atoms with van der Waals surface area (Å²) in [6.07, 6.45) is 29.0. The molecule has 6 amide bonds. The molecule has 0 aliphatic heterocycles. The molecule has 800 valence electrons. The molecule has 1 unspecified atom stereocenters. The van der Waals surface area contributed by atoms with E-state index in [4.69, 9.17) is 69.6 Å². The topological polar surface area (TPSA) is 450 Å². The van der Waals surface area contributed by atoms with Gasteiger partial charge in [-0.3, -0.25) is 60.7 Å². The third-order valence-corrected chi connectivity index (χ3v) is 31.4. The zero-order valence-corrected chi connectivity index (χ0v) is 91.3. The van der Waals surface area contributed by atoms with Crippen molar-refractivity contribution >= 4 is 207 Å². The van der Waals surface area contributed by atoms with Crippen LogP contribution in [-0.2, 0) is 28.8 Å². The number of anilines is 6. The first-order valence-electron chi connectivity index (χ1n) is 52.7. The van der Waals surface area contributed by atoms with Gasteiger partial charge in [0.15, 0.2) is 0 Å². The van der Waals surface area contributed by atoms with E-state index in [-0.39, 0.29) is 92.6 Å². The van der Waals surface area contributed by atoms with Crippen LogP contribution >= 0.6 is 69.6 Å². The van der Waals surface area contributed by atoms with E-state index in [0.29, 0.717) is 146 Å². The van der Waals surface area contributed by atoms with Gasteiger partial charge in [-0.2, -0.15) is 10.5 Å². The van der Waals surface area contributed by atoms with Crippen LogP contribution in [0.5, 0.6) is 0 Å². The number of alkyl halides is 1. The van der Waals surface area contributed by atoms with Gasteiger partial charge in [-0.25, -0.2) is 34.3 Å². The second-order valence-electron chi connectivity index (χ2n) is 45.8. The van der Waals surface area contributed by atoms with Crippen molar-refractivity contribution in [1.29, 1.82) is 10.5 Å². The maximum atomic E-state index is 13.1. The van der Waals surface area contributed by atoms with Crippen molar-refractivity contribution in [3.05, 3.63) is 136 Å². The summed E-state index contributed by atoms with van der Waals surface area (Å²) >= 11 is 38.3. The number of aliphatic hydroxyl groups is 6. The summed E-state index contributed by atoms with van der Waals surface area (Å²) < 4.78 is 25.4. The molecule has 0 bridgehead atoms. The fraction of sp³-hybridized carbons (Fsp3) is 0.550. The highest BCUT2D eigenvalue weighted by molar-refractivity contribution is 6.37. The Balaban J connectivity index is 0.000000123. The van der Waals surface area contributed by atoms with E-state index in [1.165, 1.54) is 92.9 Å². The number of rotatable bonds is 30. The van der Waals surface area contributed by atoms with Gasteiger partial charge >= 0.3 is 0 Å². The fourth-order valence-corrected chi connectivity index (χ4v) is 21.4. The first kappa shape index (κ1) is 111. The number of nitrogens with one attached hydrogen (secondary N) is 6. The molecule has 6 heterocycles. The Morgan fingerprint density at radius 1 is 0.320 bits per heavy atom. The van der Waals surface area contributed by atoms with Crippen LogP contribution in [0.1, 0.15) is 381 Å². The number of nitriles is 2. The first-order chi connectivity index (χ1) is 71.0. The minimum absolute atomic E-state index is 0.0297. The molecule has 1 atom stereocenters. The summed E-state index contributed by atoms with van der Waals surface area (Å²) in [4.78, 5) is 101. The number of fused-ring (bicyclic) bond motifs is 6. The Hall–Kier alpha value is -10.6. The van der Waals surface area contributed by atoms with E-state index in [0.717, 1.165) is 135 Å². The Kier molecular flexibility index (Phi) is 33.0. The molecular weight excluding hydrogens is 2040 g/mol. The van der Waals surface area contributed by atoms with Gasteiger partial charge in [0.2, 0.25) is 71.1 Å². The Labute approximate surface area is 901 Å². The van der Waals surface area contributed by atoms with Gasteiger partial charge in [0.25, 0.3) is 0 Å². The largest absolute Gasteiger partial charge is 0.390 e. The normalized spacial score (nSPS) is 17.6. The van der Waals surface area contributed by atoms with Crippen LogP contribution in [0.4, 0.5) is 40.1 Å². The van der Waals surface area contributed by atoms with Crippen LogP contribution in [-0.4, -0.2) is 164 Å². The molecule has 32 nitrogen and oxygen atoms in total. The fourth-order valence-electron chi connectivity index (χ4n) is 20.0. The van der Waals surface area contributed by atoms with E-state index in [9.17, 15) is 74.3 Å². The van der Waals surface area contributed by atoms with Crippen LogP contribution in [0.25, 0.3) is 66.2 Å². The van der Waals surface area contributed by atoms with Crippen LogP contribution in [0.3, 0.4) is 0 Å². The summed E-state index contributed by atoms with van der Waals surface area (Å²) in [6, 6.07) is 29.5. The van der Waals surface area contributed by atoms with Gasteiger partial charge in [-0.15, -0.1) is 0 Å². The molecule has 10 saturated carbocycles. The smallest absolute Gasteiger partial charge is 0.229 e. The maximum absolute atomic E-state index is 13.1. The van der Waals surface area contributed by atoms with E-state index >= 15 is 0 Å². The molecule has 0 spiro atoms. The van der Waals surface area contributed by atoms with Gasteiger partial charge in [-0.05, 0) is 361 Å². The highest BCUT2D eigenvalue weighted by Crippen LogP contribution is 2.52. The monoisotopic (exact) mass is 2170 g/mol. The molecule has 10 aliphatic carbocycles. The number of halogens is 7. The summed E-state index contributed by atoms with van der Waals surface area (Å²) in [5, 5.41) is 98.6. The van der Waals surface area contributed by atoms with Crippen LogP contribution in [0.2, 0.25) is 30.1 Å². The summed E-state index contributed by atoms with van der Waals surface area (Å²) in [6.45, 7) is 16.8. The van der Waals surface area contributed by atoms with Crippen molar-refractivity contribution in [2.24, 2.45) is 0 Å². The Bertz CT molecular complexity index is 6760. The summed E-state index contributed by atoms with van der Waals surface area (Å²) in [7, 11) is 0. The molecule has 39 heteroatoms. The van der Waals surface area contributed by atoms with Crippen LogP contribution < -0.4 is 31.9 Å². The zero-order valence-electron chi connectivity index (χ0n) is 86.8. The lowest BCUT2D eigenvalue weighted by Gasteiger charge is -2.29. The van der Waals surface area contributed by atoms with E-state index in [1.807, 2.05) is 33.4 Å². The highest BCUT2D eigenvalue weighted by Gasteiger charge is 2.40. The van der Waals surface area contributed by atoms with Gasteiger partial charge < -0.3 is 58.0 Å². The molecule has 22 rings (SSSR count). The van der Waals surface area contributed by atoms with Crippen molar-refractivity contribution in [2.75, 3.05) is 38.6 Å². The summed E-state index contributed by atoms with van der Waals surface area (Å²) in [5.41, 5.74) is 8.28. The molecular formula is C111H135Cl6FN20O12. The number of carbonyl (C=O) groups excluding carboxylic acids is 6. The number of hydrogen-bond acceptors (Lipinski definition) is 20. The molecule has 10 aliphatic rings. The number of amides is 6. The average Bonchev–Trinajstić information content (AvgIpc) is 1.62. The first-order valence-corrected chi connectivity index (χ1v) is 55.0. The van der Waals surface area contributed by atoms with Gasteiger partial charge in [0, 0.05) is 36.3 Å². The highest BCUT2D eigenvalue weighted by atomic mass is 35.5. The van der Waals surface area contributed by atoms with Gasteiger partial charge in [0.1, 0.15) is 46.5 Å². The average molecular weight is 2170 g/mol. The van der Waals surface area contributed by atoms with Gasteiger partial charge in [-0.1, -0.05) is 76.5 Å². The Morgan fingerprint density at radius 2 is 0.527 bits per heavy atom. The van der Waals surface area contributed by atoms with E-state index in [2.05, 4.69) is 116 Å². The SMILES string of the molecule is CC(C)(O)CC(=O)Nc1nc2c(Cl)cc(C3CC3)cc2n1C1CCC1.CC(C)(O)CC(=O)Nc1nc2c(Cl)cc(C3CC3)cc2n1C1CCC1.CC(C)(O)CC(=O)Nc1nc2c(Cl)cc(C3CC3)cc2n1C1CCC1.CC(C)(O)CC(=O)Nc1nc2ccc(Cl)c(C#N)c2n1C1CCC1.CC(C)(O)CC(=O)Nc1nc2ccc(Cl)c(C#N)c2n1C1CCC1.CCC(O)(CF)CC(=O)Nc1nc2c(Cl)cc(C3CC3)cc2n1C1CCC1. The van der Waals surface area contributed by atoms with Crippen molar-refractivity contribution in [1.82, 2.24) is 57.3 Å². The van der Waals surface area contributed by atoms with Gasteiger partial charge in [0.05, 0.1) is 152 Å². The van der Waals surface area contributed by atoms with E-state index in [1.54, 1.807) is 100 Å². The van der Waals surface area contributed by atoms with Crippen molar-refractivity contribution in [2.45, 2.75) is 382 Å². The number of carbonyl (C=O) groups is 6. The lowest BCUT2D eigenvalue weighted by atomic mass is 9.92. The zero-order chi connectivity index (χ0) is 107. The molecule has 6 aromatic heterocycles. The van der Waals surface area contributed by atoms with E-state index < -0.39 is 46.2 Å². The minimum atomic E-state index is -1.63. The summed E-state index contributed by atoms with van der Waals surface area (Å²) in [5.74, 6) is 3.51. The number of imidazole rings is 6. The molecule has 12 N–H and O–H groups in total. The van der Waals surface area contributed by atoms with Crippen molar-refractivity contribution < 1.29 is 63.8 Å². The maximum Gasteiger partial charge on any atom is 0.229 e. The predicted octanol–water partition coefficient (Wildman–Crippen LogP) is 24.7. The lowest BCUT2D eigenvalue weighted by molar-refractivity contribution is -0.122. The van der Waals surface area contributed by atoms with Crippen LogP contribution in [0.15, 0.2) is 72.8 Å². The third kappa shape index (κ3) is 26.3. The lowest BCUT2D eigenvalue weighted by Crippen LogP contribution is -2.36. The van der Waals surface area contributed by atoms with Crippen LogP contribution in [0, 0.1) is 22.7 Å². The molecule has 10 fully saturated rings. The second-order valence-corrected chi connectivity index (χ2v) is 48.3. The second kappa shape index (κ2) is 44.8. The Morgan fingerprint density at radius 3 is 0.707 bits per heavy atom. The number of hydrogen-bond donors (Lipinski definition) is 12. The molecule has 6 aromatic carbocycles. The molecule has 0 saturated heterocycles. The number of benzene rings is 6. The predicted molar refractivity (Wildman–Crippen MR) is 585 cm³/mol. The minimum Gasteiger partial charge on any atom is -0.390 e. The van der Waals surface area contributed by atoms with Crippen molar-refractivity contribution in [3.63, 3.8) is 0 Å². The molecule has 12 aromatic rings. The standard InChI is InChI=1S/C20H25ClFN3O2.3C19H24ClN3O2.2C17H19ClN4O2/c1-2-20(27,11-22)10-17(26)23-19-24-18-15(21)8-13(12-6-7-12)9-16(18)25(19)14-4-3-5-14;3*1-19(2,25)10-16(24)21-18-22-17-14(20)8-12(11-6-7-11)9-15(17)23(18)13-4-3-5-13;2*1-17(2,24)8-14(23)21-16-20-13-7-6-12(18)11(9-19)15(13)22(16)10-4-3-5-10/h8-9,12,14,27H,2-7,10-11H2,1H3,(H,23,24,26);3*8-9,11,13,25H,3-7,10H2,1-2H3,(H,21,22,24);2*6-7,10,24H,3-5,8H2,1-2H3,(H,20,21,23).